The molecule has 2 aliphatic rings. The Labute approximate surface area is 195 Å². The number of nitrogens with zero attached hydrogens (tertiary/aromatic N) is 5. The van der Waals surface area contributed by atoms with Gasteiger partial charge in [-0.15, -0.1) is 0 Å². The minimum Gasteiger partial charge on any atom is -0.369 e. The maximum Gasteiger partial charge on any atom is 0.254 e. The molecule has 0 saturated carbocycles. The van der Waals surface area contributed by atoms with E-state index in [4.69, 9.17) is 11.1 Å². The predicted molar refractivity (Wildman–Crippen MR) is 133 cm³/mol. The largest absolute Gasteiger partial charge is 0.369 e. The molecule has 0 spiro atoms. The molecule has 0 bridgehead atoms. The number of nitrogens with two attached hydrogens (primary N) is 1. The first kappa shape index (κ1) is 23.0. The first-order valence-corrected chi connectivity index (χ1v) is 11.9. The fraction of sp³-hybridized carbons (Fsp3) is 0.500. The van der Waals surface area contributed by atoms with E-state index in [1.54, 1.807) is 0 Å². The van der Waals surface area contributed by atoms with E-state index in [1.807, 2.05) is 12.1 Å². The van der Waals surface area contributed by atoms with Gasteiger partial charge in [-0.3, -0.25) is 4.79 Å². The third-order valence-electron chi connectivity index (χ3n) is 6.51. The van der Waals surface area contributed by atoms with Crippen molar-refractivity contribution in [3.8, 4) is 0 Å². The Hall–Kier alpha value is -3.20. The number of anilines is 4. The summed E-state index contributed by atoms with van der Waals surface area (Å²) in [6, 6.07) is 8.15. The molecule has 0 aliphatic carbocycles. The van der Waals surface area contributed by atoms with Crippen LogP contribution < -0.4 is 20.9 Å². The molecule has 2 fully saturated rings. The van der Waals surface area contributed by atoms with E-state index in [0.29, 0.717) is 11.8 Å². The Kier molecular flexibility index (Phi) is 7.39. The summed E-state index contributed by atoms with van der Waals surface area (Å²) >= 11 is 0. The lowest BCUT2D eigenvalue weighted by Crippen LogP contribution is -2.46. The number of hydrogen-bond donors (Lipinski definition) is 3. The highest BCUT2D eigenvalue weighted by atomic mass is 16.1. The van der Waals surface area contributed by atoms with Gasteiger partial charge < -0.3 is 31.2 Å². The molecule has 2 saturated heterocycles. The van der Waals surface area contributed by atoms with Gasteiger partial charge in [0.15, 0.2) is 0 Å². The number of primary amides is 1. The molecule has 2 aliphatic heterocycles. The third kappa shape index (κ3) is 5.42. The van der Waals surface area contributed by atoms with E-state index in [1.165, 1.54) is 18.5 Å². The standard InChI is InChI=1S/C24H34N8O/c1-2-30-13-15-31(16-14-30)19-9-7-18(8-10-19)27-23-21(22(26)33)20(17-25)28-24(29-23)32-11-5-3-4-6-12-32/h7-10,17,25H,2-6,11-16H2,1H3,(H2,26,33)(H,27,28,29). The predicted octanol–water partition coefficient (Wildman–Crippen LogP) is 2.84. The van der Waals surface area contributed by atoms with Crippen LogP contribution in [0.2, 0.25) is 0 Å². The van der Waals surface area contributed by atoms with Gasteiger partial charge in [-0.1, -0.05) is 19.8 Å². The SMILES string of the molecule is CCN1CCN(c2ccc(Nc3nc(N4CCCCCC4)nc(C=N)c3C(N)=O)cc2)CC1. The molecular formula is C24H34N8O. The van der Waals surface area contributed by atoms with Gasteiger partial charge in [-0.05, 0) is 43.7 Å². The van der Waals surface area contributed by atoms with Crippen LogP contribution in [0.15, 0.2) is 24.3 Å². The van der Waals surface area contributed by atoms with Crippen LogP contribution in [-0.2, 0) is 0 Å². The quantitative estimate of drug-likeness (QED) is 0.556. The number of hydrogen-bond acceptors (Lipinski definition) is 8. The van der Waals surface area contributed by atoms with E-state index in [0.717, 1.165) is 70.6 Å². The lowest BCUT2D eigenvalue weighted by Gasteiger charge is -2.35. The first-order valence-electron chi connectivity index (χ1n) is 11.9. The van der Waals surface area contributed by atoms with Crippen molar-refractivity contribution in [2.75, 3.05) is 60.9 Å². The summed E-state index contributed by atoms with van der Waals surface area (Å²) in [5, 5.41) is 11.1. The smallest absolute Gasteiger partial charge is 0.254 e. The second-order valence-electron chi connectivity index (χ2n) is 8.64. The number of amides is 1. The van der Waals surface area contributed by atoms with E-state index < -0.39 is 5.91 Å². The highest BCUT2D eigenvalue weighted by Crippen LogP contribution is 2.26. The van der Waals surface area contributed by atoms with Crippen LogP contribution in [0.1, 0.15) is 48.7 Å². The minimum absolute atomic E-state index is 0.142. The van der Waals surface area contributed by atoms with Gasteiger partial charge in [0, 0.05) is 56.9 Å². The highest BCUT2D eigenvalue weighted by molar-refractivity contribution is 6.04. The van der Waals surface area contributed by atoms with Gasteiger partial charge >= 0.3 is 0 Å². The van der Waals surface area contributed by atoms with Gasteiger partial charge in [0.05, 0.1) is 0 Å². The number of benzene rings is 1. The van der Waals surface area contributed by atoms with Gasteiger partial charge in [0.2, 0.25) is 5.95 Å². The fourth-order valence-corrected chi connectivity index (χ4v) is 4.53. The summed E-state index contributed by atoms with van der Waals surface area (Å²) in [5.74, 6) is 0.233. The number of rotatable bonds is 7. The van der Waals surface area contributed by atoms with Crippen molar-refractivity contribution >= 4 is 35.3 Å². The number of carbonyl (C=O) groups is 1. The van der Waals surface area contributed by atoms with E-state index in [2.05, 4.69) is 49.0 Å². The van der Waals surface area contributed by atoms with Crippen molar-refractivity contribution in [1.82, 2.24) is 14.9 Å². The Bertz CT molecular complexity index is 961. The molecule has 4 N–H and O–H groups in total. The Morgan fingerprint density at radius 1 is 1.00 bits per heavy atom. The van der Waals surface area contributed by atoms with Gasteiger partial charge in [0.1, 0.15) is 17.1 Å². The molecule has 33 heavy (non-hydrogen) atoms. The maximum atomic E-state index is 12.2. The maximum absolute atomic E-state index is 12.2. The summed E-state index contributed by atoms with van der Waals surface area (Å²) in [6.45, 7) is 9.21. The monoisotopic (exact) mass is 450 g/mol. The van der Waals surface area contributed by atoms with Crippen molar-refractivity contribution in [2.24, 2.45) is 5.73 Å². The molecule has 3 heterocycles. The molecule has 9 heteroatoms. The minimum atomic E-state index is -0.649. The molecule has 9 nitrogen and oxygen atoms in total. The zero-order chi connectivity index (χ0) is 23.2. The molecule has 1 amide bonds. The Morgan fingerprint density at radius 3 is 2.24 bits per heavy atom. The molecule has 0 atom stereocenters. The van der Waals surface area contributed by atoms with E-state index >= 15 is 0 Å². The van der Waals surface area contributed by atoms with Crippen molar-refractivity contribution in [1.29, 1.82) is 5.41 Å². The molecule has 176 valence electrons. The lowest BCUT2D eigenvalue weighted by molar-refractivity contribution is 0.100. The average molecular weight is 451 g/mol. The molecule has 0 unspecified atom stereocenters. The zero-order valence-corrected chi connectivity index (χ0v) is 19.4. The van der Waals surface area contributed by atoms with Crippen molar-refractivity contribution in [3.63, 3.8) is 0 Å². The molecule has 0 radical (unpaired) electrons. The van der Waals surface area contributed by atoms with Crippen LogP contribution in [0.5, 0.6) is 0 Å². The molecular weight excluding hydrogens is 416 g/mol. The normalized spacial score (nSPS) is 17.5. The Balaban J connectivity index is 1.57. The van der Waals surface area contributed by atoms with Gasteiger partial charge in [0.25, 0.3) is 5.91 Å². The molecule has 1 aromatic carbocycles. The average Bonchev–Trinajstić information content (AvgIpc) is 3.13. The van der Waals surface area contributed by atoms with Gasteiger partial charge in [-0.25, -0.2) is 4.98 Å². The zero-order valence-electron chi connectivity index (χ0n) is 19.4. The number of likely N-dealkylation sites (N-methyl/N-ethyl adjacent to an activating group) is 1. The molecule has 4 rings (SSSR count). The molecule has 1 aromatic heterocycles. The Morgan fingerprint density at radius 2 is 1.67 bits per heavy atom. The van der Waals surface area contributed by atoms with Crippen LogP contribution >= 0.6 is 0 Å². The fourth-order valence-electron chi connectivity index (χ4n) is 4.53. The summed E-state index contributed by atoms with van der Waals surface area (Å²) in [4.78, 5) is 28.4. The van der Waals surface area contributed by atoms with Crippen LogP contribution in [0.3, 0.4) is 0 Å². The summed E-state index contributed by atoms with van der Waals surface area (Å²) in [5.41, 5.74) is 8.03. The van der Waals surface area contributed by atoms with Crippen LogP contribution in [0, 0.1) is 5.41 Å². The summed E-state index contributed by atoms with van der Waals surface area (Å²) in [7, 11) is 0. The second-order valence-corrected chi connectivity index (χ2v) is 8.64. The van der Waals surface area contributed by atoms with Crippen LogP contribution in [0.4, 0.5) is 23.1 Å². The number of nitrogens with one attached hydrogen (secondary N) is 2. The van der Waals surface area contributed by atoms with Gasteiger partial charge in [-0.2, -0.15) is 4.98 Å². The highest BCUT2D eigenvalue weighted by Gasteiger charge is 2.22. The van der Waals surface area contributed by atoms with E-state index in [9.17, 15) is 4.79 Å². The lowest BCUT2D eigenvalue weighted by atomic mass is 10.2. The third-order valence-corrected chi connectivity index (χ3v) is 6.51. The topological polar surface area (TPSA) is 114 Å². The van der Waals surface area contributed by atoms with Crippen LogP contribution in [0.25, 0.3) is 0 Å². The number of carbonyl (C=O) groups excluding carboxylic acids is 1. The first-order chi connectivity index (χ1) is 16.1. The van der Waals surface area contributed by atoms with Crippen molar-refractivity contribution in [3.05, 3.63) is 35.5 Å². The van der Waals surface area contributed by atoms with E-state index in [-0.39, 0.29) is 11.3 Å². The van der Waals surface area contributed by atoms with Crippen molar-refractivity contribution < 1.29 is 4.79 Å². The second kappa shape index (κ2) is 10.6. The number of piperazine rings is 1. The van der Waals surface area contributed by atoms with Crippen LogP contribution in [-0.4, -0.2) is 72.8 Å². The van der Waals surface area contributed by atoms with Crippen molar-refractivity contribution in [2.45, 2.75) is 32.6 Å². The molecule has 2 aromatic rings. The summed E-state index contributed by atoms with van der Waals surface area (Å²) in [6.07, 6.45) is 5.62. The number of aromatic nitrogens is 2. The summed E-state index contributed by atoms with van der Waals surface area (Å²) < 4.78 is 0.